The zero-order valence-corrected chi connectivity index (χ0v) is 19.4. The van der Waals surface area contributed by atoms with Crippen LogP contribution in [0.1, 0.15) is 34.9 Å². The van der Waals surface area contributed by atoms with Crippen molar-refractivity contribution in [1.82, 2.24) is 14.3 Å². The lowest BCUT2D eigenvalue weighted by molar-refractivity contribution is 0.246. The van der Waals surface area contributed by atoms with Crippen molar-refractivity contribution in [2.75, 3.05) is 27.2 Å². The second-order valence-corrected chi connectivity index (χ2v) is 8.59. The quantitative estimate of drug-likeness (QED) is 0.299. The molecule has 1 unspecified atom stereocenters. The summed E-state index contributed by atoms with van der Waals surface area (Å²) in [6, 6.07) is 20.1. The largest absolute Gasteiger partial charge is 0.494 e. The highest BCUT2D eigenvalue weighted by Gasteiger charge is 2.18. The molecule has 5 heteroatoms. The van der Waals surface area contributed by atoms with Crippen LogP contribution in [0.2, 0.25) is 0 Å². The van der Waals surface area contributed by atoms with Crippen LogP contribution < -0.4 is 9.47 Å². The van der Waals surface area contributed by atoms with E-state index in [-0.39, 0.29) is 6.10 Å². The topological polar surface area (TPSA) is 39.0 Å². The van der Waals surface area contributed by atoms with Gasteiger partial charge in [0.25, 0.3) is 0 Å². The van der Waals surface area contributed by atoms with E-state index in [0.717, 1.165) is 52.4 Å². The van der Waals surface area contributed by atoms with Crippen LogP contribution >= 0.6 is 0 Å². The minimum absolute atomic E-state index is 0.225. The Bertz CT molecular complexity index is 1390. The highest BCUT2D eigenvalue weighted by Crippen LogP contribution is 2.33. The molecule has 0 amide bonds. The summed E-state index contributed by atoms with van der Waals surface area (Å²) >= 11 is 0. The maximum Gasteiger partial charge on any atom is 0.159 e. The summed E-state index contributed by atoms with van der Waals surface area (Å²) < 4.78 is 14.1. The first kappa shape index (κ1) is 21.8. The van der Waals surface area contributed by atoms with E-state index in [1.807, 2.05) is 71.5 Å². The smallest absolute Gasteiger partial charge is 0.159 e. The van der Waals surface area contributed by atoms with Gasteiger partial charge in [-0.05, 0) is 75.1 Å². The molecule has 34 heavy (non-hydrogen) atoms. The summed E-state index contributed by atoms with van der Waals surface area (Å²) in [5.41, 5.74) is 4.84. The number of ether oxygens (including phenoxy) is 2. The summed E-state index contributed by atoms with van der Waals surface area (Å²) in [5, 5.41) is 0. The van der Waals surface area contributed by atoms with Gasteiger partial charge in [-0.1, -0.05) is 30.0 Å². The maximum atomic E-state index is 6.28. The monoisotopic (exact) mass is 449 g/mol. The average Bonchev–Trinajstić information content (AvgIpc) is 3.33. The molecule has 0 spiro atoms. The van der Waals surface area contributed by atoms with E-state index in [0.29, 0.717) is 6.61 Å². The van der Waals surface area contributed by atoms with E-state index in [1.54, 1.807) is 0 Å². The molecule has 3 heterocycles. The number of rotatable bonds is 6. The molecule has 0 saturated carbocycles. The Morgan fingerprint density at radius 2 is 1.91 bits per heavy atom. The molecule has 5 rings (SSSR count). The Morgan fingerprint density at radius 3 is 2.79 bits per heavy atom. The molecule has 0 N–H and O–H groups in total. The highest BCUT2D eigenvalue weighted by molar-refractivity contribution is 5.63. The molecule has 1 atom stereocenters. The molecular formula is C29H27N3O2. The van der Waals surface area contributed by atoms with E-state index in [4.69, 9.17) is 9.47 Å². The molecule has 0 radical (unpaired) electrons. The van der Waals surface area contributed by atoms with Crippen molar-refractivity contribution >= 4 is 11.6 Å². The van der Waals surface area contributed by atoms with Gasteiger partial charge in [-0.25, -0.2) is 4.98 Å². The molecule has 170 valence electrons. The molecule has 2 aromatic heterocycles. The van der Waals surface area contributed by atoms with Crippen molar-refractivity contribution in [1.29, 1.82) is 0 Å². The van der Waals surface area contributed by atoms with E-state index < -0.39 is 0 Å². The van der Waals surface area contributed by atoms with Gasteiger partial charge in [-0.2, -0.15) is 0 Å². The number of fused-ring (bicyclic) bond motifs is 2. The van der Waals surface area contributed by atoms with Crippen LogP contribution in [0.25, 0.3) is 11.6 Å². The average molecular weight is 450 g/mol. The Balaban J connectivity index is 1.28. The minimum Gasteiger partial charge on any atom is -0.494 e. The molecule has 0 aliphatic carbocycles. The van der Waals surface area contributed by atoms with Gasteiger partial charge in [0, 0.05) is 34.9 Å². The summed E-state index contributed by atoms with van der Waals surface area (Å²) in [6.45, 7) is 1.70. The zero-order valence-electron chi connectivity index (χ0n) is 19.4. The third kappa shape index (κ3) is 5.14. The van der Waals surface area contributed by atoms with Crippen LogP contribution in [-0.2, 0) is 0 Å². The van der Waals surface area contributed by atoms with Gasteiger partial charge in [0.1, 0.15) is 11.5 Å². The van der Waals surface area contributed by atoms with Crippen molar-refractivity contribution in [2.24, 2.45) is 0 Å². The van der Waals surface area contributed by atoms with Crippen LogP contribution in [0, 0.1) is 11.8 Å². The molecule has 0 fully saturated rings. The molecule has 4 aromatic rings. The Labute approximate surface area is 200 Å². The lowest BCUT2D eigenvalue weighted by atomic mass is 10.0. The second-order valence-electron chi connectivity index (χ2n) is 8.59. The number of hydrogen-bond donors (Lipinski definition) is 0. The van der Waals surface area contributed by atoms with E-state index in [9.17, 15) is 0 Å². The fraction of sp³-hybridized carbons (Fsp3) is 0.207. The van der Waals surface area contributed by atoms with Gasteiger partial charge in [-0.3, -0.25) is 0 Å². The van der Waals surface area contributed by atoms with Crippen LogP contribution in [0.4, 0.5) is 0 Å². The minimum atomic E-state index is -0.225. The summed E-state index contributed by atoms with van der Waals surface area (Å²) in [7, 11) is 4.13. The Hall–Kier alpha value is -4.01. The Kier molecular flexibility index (Phi) is 6.33. The molecule has 1 aliphatic rings. The first-order valence-electron chi connectivity index (χ1n) is 11.5. The Morgan fingerprint density at radius 1 is 1.03 bits per heavy atom. The van der Waals surface area contributed by atoms with Crippen molar-refractivity contribution < 1.29 is 9.47 Å². The third-order valence-electron chi connectivity index (χ3n) is 5.65. The van der Waals surface area contributed by atoms with Gasteiger partial charge >= 0.3 is 0 Å². The molecule has 1 aliphatic heterocycles. The van der Waals surface area contributed by atoms with Crippen LogP contribution in [0.5, 0.6) is 11.5 Å². The summed E-state index contributed by atoms with van der Waals surface area (Å²) in [4.78, 5) is 6.72. The van der Waals surface area contributed by atoms with Crippen molar-refractivity contribution in [2.45, 2.75) is 12.5 Å². The first-order chi connectivity index (χ1) is 16.6. The molecule has 0 saturated heterocycles. The summed E-state index contributed by atoms with van der Waals surface area (Å²) in [6.07, 6.45) is 8.69. The lowest BCUT2D eigenvalue weighted by Gasteiger charge is -2.21. The van der Waals surface area contributed by atoms with Gasteiger partial charge in [0.2, 0.25) is 0 Å². The molecule has 5 nitrogen and oxygen atoms in total. The second kappa shape index (κ2) is 9.86. The fourth-order valence-electron chi connectivity index (χ4n) is 3.86. The number of benzene rings is 2. The van der Waals surface area contributed by atoms with Crippen LogP contribution in [-0.4, -0.2) is 41.5 Å². The van der Waals surface area contributed by atoms with E-state index >= 15 is 0 Å². The van der Waals surface area contributed by atoms with Crippen molar-refractivity contribution in [3.8, 4) is 23.3 Å². The highest BCUT2D eigenvalue weighted by atomic mass is 16.5. The van der Waals surface area contributed by atoms with Crippen LogP contribution in [0.15, 0.2) is 79.3 Å². The fourth-order valence-corrected chi connectivity index (χ4v) is 3.86. The molecule has 2 aromatic carbocycles. The number of nitrogens with zero attached hydrogens (tertiary/aromatic N) is 3. The SMILES string of the molecule is CN(C)CCCOc1cccc(C#Cc2ccc3c(c2)OC(c2cc4cccn4cn2)C=C3)c1. The third-order valence-corrected chi connectivity index (χ3v) is 5.65. The van der Waals surface area contributed by atoms with E-state index in [1.165, 1.54) is 0 Å². The lowest BCUT2D eigenvalue weighted by Crippen LogP contribution is -2.15. The van der Waals surface area contributed by atoms with E-state index in [2.05, 4.69) is 54.0 Å². The van der Waals surface area contributed by atoms with Gasteiger partial charge in [0.05, 0.1) is 18.6 Å². The maximum absolute atomic E-state index is 6.28. The predicted molar refractivity (Wildman–Crippen MR) is 135 cm³/mol. The van der Waals surface area contributed by atoms with Gasteiger partial charge in [-0.15, -0.1) is 0 Å². The van der Waals surface area contributed by atoms with Crippen molar-refractivity contribution in [3.05, 3.63) is 102 Å². The van der Waals surface area contributed by atoms with Crippen LogP contribution in [0.3, 0.4) is 0 Å². The predicted octanol–water partition coefficient (Wildman–Crippen LogP) is 5.21. The molecular weight excluding hydrogens is 422 g/mol. The zero-order chi connectivity index (χ0) is 23.3. The molecule has 0 bridgehead atoms. The number of aromatic nitrogens is 2. The summed E-state index contributed by atoms with van der Waals surface area (Å²) in [5.74, 6) is 8.17. The normalized spacial score (nSPS) is 14.4. The van der Waals surface area contributed by atoms with Gasteiger partial charge in [0.15, 0.2) is 6.10 Å². The standard InChI is InChI=1S/C29H27N3O2/c1-31(2)15-5-17-33-26-8-3-6-22(18-26)9-10-23-11-12-24-13-14-28(34-29(24)19-23)27-20-25-7-4-16-32(25)21-30-27/h3-4,6-8,11-14,16,18-21,28H,5,15,17H2,1-2H3. The first-order valence-corrected chi connectivity index (χ1v) is 11.5. The van der Waals surface area contributed by atoms with Crippen molar-refractivity contribution in [3.63, 3.8) is 0 Å². The van der Waals surface area contributed by atoms with Gasteiger partial charge < -0.3 is 18.8 Å². The number of hydrogen-bond acceptors (Lipinski definition) is 4.